The molecule has 0 N–H and O–H groups in total. The molecule has 2 nitrogen and oxygen atoms in total. The van der Waals surface area contributed by atoms with Crippen LogP contribution in [0.25, 0.3) is 0 Å². The highest BCUT2D eigenvalue weighted by Gasteiger charge is 2.19. The summed E-state index contributed by atoms with van der Waals surface area (Å²) in [6, 6.07) is 5.79. The van der Waals surface area contributed by atoms with E-state index in [1.165, 1.54) is 0 Å². The SMILES string of the molecule is C#Cc1cc(C(C)(C)C#N)ccn1. The summed E-state index contributed by atoms with van der Waals surface area (Å²) >= 11 is 0. The van der Waals surface area contributed by atoms with Gasteiger partial charge in [0.2, 0.25) is 0 Å². The van der Waals surface area contributed by atoms with E-state index in [2.05, 4.69) is 17.0 Å². The molecule has 0 unspecified atom stereocenters. The van der Waals surface area contributed by atoms with Crippen LogP contribution >= 0.6 is 0 Å². The molecule has 0 bridgehead atoms. The summed E-state index contributed by atoms with van der Waals surface area (Å²) in [5, 5.41) is 8.89. The van der Waals surface area contributed by atoms with E-state index in [0.717, 1.165) is 5.56 Å². The zero-order valence-electron chi connectivity index (χ0n) is 7.70. The molecule has 0 amide bonds. The summed E-state index contributed by atoms with van der Waals surface area (Å²) in [7, 11) is 0. The van der Waals surface area contributed by atoms with E-state index in [-0.39, 0.29) is 0 Å². The molecule has 0 aliphatic heterocycles. The van der Waals surface area contributed by atoms with E-state index >= 15 is 0 Å². The molecule has 0 spiro atoms. The normalized spacial score (nSPS) is 10.2. The summed E-state index contributed by atoms with van der Waals surface area (Å²) < 4.78 is 0. The number of rotatable bonds is 1. The van der Waals surface area contributed by atoms with Gasteiger partial charge in [0.25, 0.3) is 0 Å². The lowest BCUT2D eigenvalue weighted by molar-refractivity contribution is 0.685. The Balaban J connectivity index is 3.20. The standard InChI is InChI=1S/C11H10N2/c1-4-10-7-9(5-6-13-10)11(2,3)8-12/h1,5-7H,2-3H3. The van der Waals surface area contributed by atoms with Gasteiger partial charge in [0, 0.05) is 6.20 Å². The lowest BCUT2D eigenvalue weighted by atomic mass is 9.87. The molecule has 0 fully saturated rings. The molecule has 0 saturated heterocycles. The Morgan fingerprint density at radius 2 is 2.23 bits per heavy atom. The molecule has 0 atom stereocenters. The molecule has 1 aromatic heterocycles. The third-order valence-corrected chi connectivity index (χ3v) is 1.91. The van der Waals surface area contributed by atoms with Gasteiger partial charge in [0.1, 0.15) is 5.69 Å². The Morgan fingerprint density at radius 3 is 2.77 bits per heavy atom. The molecular formula is C11H10N2. The van der Waals surface area contributed by atoms with Crippen molar-refractivity contribution in [2.24, 2.45) is 0 Å². The van der Waals surface area contributed by atoms with Crippen molar-refractivity contribution < 1.29 is 0 Å². The van der Waals surface area contributed by atoms with Crippen molar-refractivity contribution >= 4 is 0 Å². The number of terminal acetylenes is 1. The molecule has 13 heavy (non-hydrogen) atoms. The van der Waals surface area contributed by atoms with Crippen LogP contribution < -0.4 is 0 Å². The Bertz CT molecular complexity index is 391. The number of pyridine rings is 1. The van der Waals surface area contributed by atoms with Crippen LogP contribution in [0.1, 0.15) is 25.1 Å². The third-order valence-electron chi connectivity index (χ3n) is 1.91. The fraction of sp³-hybridized carbons (Fsp3) is 0.273. The minimum atomic E-state index is -0.505. The molecule has 64 valence electrons. The highest BCUT2D eigenvalue weighted by molar-refractivity contribution is 5.35. The second-order valence-electron chi connectivity index (χ2n) is 3.31. The van der Waals surface area contributed by atoms with E-state index in [9.17, 15) is 0 Å². The number of aromatic nitrogens is 1. The topological polar surface area (TPSA) is 36.7 Å². The van der Waals surface area contributed by atoms with Crippen molar-refractivity contribution in [2.45, 2.75) is 19.3 Å². The van der Waals surface area contributed by atoms with Gasteiger partial charge in [-0.15, -0.1) is 6.42 Å². The van der Waals surface area contributed by atoms with Gasteiger partial charge in [-0.1, -0.05) is 5.92 Å². The summed E-state index contributed by atoms with van der Waals surface area (Å²) in [4.78, 5) is 3.96. The summed E-state index contributed by atoms with van der Waals surface area (Å²) in [6.45, 7) is 3.70. The predicted molar refractivity (Wildman–Crippen MR) is 50.8 cm³/mol. The maximum Gasteiger partial charge on any atom is 0.113 e. The van der Waals surface area contributed by atoms with Gasteiger partial charge >= 0.3 is 0 Å². The van der Waals surface area contributed by atoms with Crippen LogP contribution in [0.3, 0.4) is 0 Å². The number of nitrogens with zero attached hydrogens (tertiary/aromatic N) is 2. The fourth-order valence-corrected chi connectivity index (χ4v) is 0.963. The molecule has 0 saturated carbocycles. The summed E-state index contributed by atoms with van der Waals surface area (Å²) in [6.07, 6.45) is 6.84. The molecule has 0 aliphatic rings. The van der Waals surface area contributed by atoms with Gasteiger partial charge in [0.05, 0.1) is 11.5 Å². The first-order valence-corrected chi connectivity index (χ1v) is 3.94. The van der Waals surface area contributed by atoms with Gasteiger partial charge in [-0.05, 0) is 31.5 Å². The molecular weight excluding hydrogens is 160 g/mol. The van der Waals surface area contributed by atoms with Gasteiger partial charge in [-0.2, -0.15) is 5.26 Å². The monoisotopic (exact) mass is 170 g/mol. The Labute approximate surface area is 78.2 Å². The quantitative estimate of drug-likeness (QED) is 0.603. The maximum atomic E-state index is 8.89. The Morgan fingerprint density at radius 1 is 1.54 bits per heavy atom. The zero-order valence-corrected chi connectivity index (χ0v) is 7.70. The second-order valence-corrected chi connectivity index (χ2v) is 3.31. The van der Waals surface area contributed by atoms with Gasteiger partial charge < -0.3 is 0 Å². The average molecular weight is 170 g/mol. The molecule has 1 rings (SSSR count). The lowest BCUT2D eigenvalue weighted by Gasteiger charge is -2.15. The van der Waals surface area contributed by atoms with Crippen LogP contribution in [-0.2, 0) is 5.41 Å². The largest absolute Gasteiger partial charge is 0.248 e. The second kappa shape index (κ2) is 3.29. The van der Waals surface area contributed by atoms with Crippen LogP contribution in [-0.4, -0.2) is 4.98 Å². The van der Waals surface area contributed by atoms with E-state index < -0.39 is 5.41 Å². The first kappa shape index (κ1) is 9.29. The van der Waals surface area contributed by atoms with Crippen molar-refractivity contribution in [1.29, 1.82) is 5.26 Å². The highest BCUT2D eigenvalue weighted by atomic mass is 14.7. The van der Waals surface area contributed by atoms with Crippen LogP contribution in [0, 0.1) is 23.7 Å². The van der Waals surface area contributed by atoms with E-state index in [4.69, 9.17) is 11.7 Å². The lowest BCUT2D eigenvalue weighted by Crippen LogP contribution is -2.14. The van der Waals surface area contributed by atoms with Crippen molar-refractivity contribution in [3.63, 3.8) is 0 Å². The molecule has 0 aromatic carbocycles. The van der Waals surface area contributed by atoms with Crippen molar-refractivity contribution in [3.05, 3.63) is 29.6 Å². The maximum absolute atomic E-state index is 8.89. The average Bonchev–Trinajstić information content (AvgIpc) is 2.18. The Kier molecular flexibility index (Phi) is 2.35. The zero-order chi connectivity index (χ0) is 9.90. The number of hydrogen-bond donors (Lipinski definition) is 0. The van der Waals surface area contributed by atoms with Crippen molar-refractivity contribution in [3.8, 4) is 18.4 Å². The van der Waals surface area contributed by atoms with Crippen molar-refractivity contribution in [1.82, 2.24) is 4.98 Å². The van der Waals surface area contributed by atoms with Gasteiger partial charge in [-0.25, -0.2) is 4.98 Å². The Hall–Kier alpha value is -1.80. The van der Waals surface area contributed by atoms with Crippen molar-refractivity contribution in [2.75, 3.05) is 0 Å². The minimum Gasteiger partial charge on any atom is -0.248 e. The van der Waals surface area contributed by atoms with Crippen LogP contribution in [0.15, 0.2) is 18.3 Å². The number of nitriles is 1. The molecule has 1 heterocycles. The summed E-state index contributed by atoms with van der Waals surface area (Å²) in [5.74, 6) is 2.44. The first-order valence-electron chi connectivity index (χ1n) is 3.94. The van der Waals surface area contributed by atoms with E-state index in [1.54, 1.807) is 12.3 Å². The predicted octanol–water partition coefficient (Wildman–Crippen LogP) is 1.86. The third kappa shape index (κ3) is 1.86. The van der Waals surface area contributed by atoms with Crippen LogP contribution in [0.2, 0.25) is 0 Å². The van der Waals surface area contributed by atoms with E-state index in [0.29, 0.717) is 5.69 Å². The van der Waals surface area contributed by atoms with Crippen LogP contribution in [0.5, 0.6) is 0 Å². The molecule has 0 aliphatic carbocycles. The van der Waals surface area contributed by atoms with Crippen LogP contribution in [0.4, 0.5) is 0 Å². The van der Waals surface area contributed by atoms with Gasteiger partial charge in [0.15, 0.2) is 0 Å². The highest BCUT2D eigenvalue weighted by Crippen LogP contribution is 2.21. The van der Waals surface area contributed by atoms with E-state index in [1.807, 2.05) is 19.9 Å². The fourth-order valence-electron chi connectivity index (χ4n) is 0.963. The number of hydrogen-bond acceptors (Lipinski definition) is 2. The molecule has 1 aromatic rings. The van der Waals surface area contributed by atoms with Gasteiger partial charge in [-0.3, -0.25) is 0 Å². The summed E-state index contributed by atoms with van der Waals surface area (Å²) in [5.41, 5.74) is 0.966. The molecule has 2 heteroatoms. The molecule has 0 radical (unpaired) electrons. The minimum absolute atomic E-state index is 0.505. The smallest absolute Gasteiger partial charge is 0.113 e. The first-order chi connectivity index (χ1) is 6.10.